The Bertz CT molecular complexity index is 869. The molecule has 1 aromatic carbocycles. The Labute approximate surface area is 146 Å². The summed E-state index contributed by atoms with van der Waals surface area (Å²) in [6.07, 6.45) is 5.12. The lowest BCUT2D eigenvalue weighted by molar-refractivity contribution is 0.0957. The zero-order valence-corrected chi connectivity index (χ0v) is 14.2. The molecule has 0 aliphatic rings. The fraction of sp³-hybridized carbons (Fsp3) is 0.0588. The zero-order valence-electron chi connectivity index (χ0n) is 12.6. The van der Waals surface area contributed by atoms with Crippen molar-refractivity contribution in [2.24, 2.45) is 0 Å². The highest BCUT2D eigenvalue weighted by Gasteiger charge is 2.19. The summed E-state index contributed by atoms with van der Waals surface area (Å²) in [5.74, 6) is -0.0285. The molecule has 122 valence electrons. The summed E-state index contributed by atoms with van der Waals surface area (Å²) in [5.41, 5.74) is 1.06. The van der Waals surface area contributed by atoms with Gasteiger partial charge in [-0.15, -0.1) is 0 Å². The van der Waals surface area contributed by atoms with Gasteiger partial charge >= 0.3 is 0 Å². The number of carbonyl (C=O) groups is 1. The van der Waals surface area contributed by atoms with Gasteiger partial charge in [-0.2, -0.15) is 5.10 Å². The molecule has 0 aliphatic carbocycles. The number of rotatable bonds is 5. The average Bonchev–Trinajstić information content (AvgIpc) is 3.22. The van der Waals surface area contributed by atoms with Crippen LogP contribution in [0.15, 0.2) is 66.1 Å². The Balaban J connectivity index is 2.06. The van der Waals surface area contributed by atoms with E-state index in [0.29, 0.717) is 28.1 Å². The molecule has 3 aromatic rings. The average molecular weight is 389 g/mol. The summed E-state index contributed by atoms with van der Waals surface area (Å²) in [5, 5.41) is 7.06. The molecule has 0 saturated heterocycles. The molecule has 3 rings (SSSR count). The van der Waals surface area contributed by atoms with Crippen molar-refractivity contribution in [1.29, 1.82) is 0 Å². The summed E-state index contributed by atoms with van der Waals surface area (Å²) < 4.78 is 17.2. The van der Waals surface area contributed by atoms with Gasteiger partial charge in [-0.25, -0.2) is 9.07 Å². The Morgan fingerprint density at radius 1 is 1.25 bits per heavy atom. The minimum atomic E-state index is -0.331. The van der Waals surface area contributed by atoms with Crippen LogP contribution in [-0.4, -0.2) is 26.8 Å². The third kappa shape index (κ3) is 3.30. The number of carbonyl (C=O) groups excluding carboxylic acids is 1. The third-order valence-corrected chi connectivity index (χ3v) is 3.63. The Morgan fingerprint density at radius 2 is 1.92 bits per heavy atom. The fourth-order valence-corrected chi connectivity index (χ4v) is 2.41. The highest BCUT2D eigenvalue weighted by atomic mass is 79.9. The van der Waals surface area contributed by atoms with E-state index in [-0.39, 0.29) is 11.7 Å². The first-order chi connectivity index (χ1) is 11.6. The minimum Gasteiger partial charge on any atom is -0.347 e. The second-order valence-corrected chi connectivity index (χ2v) is 6.18. The van der Waals surface area contributed by atoms with Gasteiger partial charge in [-0.05, 0) is 36.4 Å². The summed E-state index contributed by atoms with van der Waals surface area (Å²) >= 11 is 3.21. The molecule has 0 bridgehead atoms. The number of hydrogen-bond acceptors (Lipinski definition) is 2. The van der Waals surface area contributed by atoms with Crippen molar-refractivity contribution in [2.45, 2.75) is 0 Å². The van der Waals surface area contributed by atoms with Crippen molar-refractivity contribution in [2.75, 3.05) is 6.54 Å². The van der Waals surface area contributed by atoms with Crippen molar-refractivity contribution in [1.82, 2.24) is 19.7 Å². The van der Waals surface area contributed by atoms with E-state index in [1.165, 1.54) is 18.3 Å². The molecule has 1 N–H and O–H groups in total. The molecule has 2 aromatic heterocycles. The van der Waals surface area contributed by atoms with Gasteiger partial charge in [0.25, 0.3) is 5.91 Å². The maximum absolute atomic E-state index is 13.2. The molecule has 0 radical (unpaired) electrons. The van der Waals surface area contributed by atoms with Crippen LogP contribution in [0.5, 0.6) is 0 Å². The lowest BCUT2D eigenvalue weighted by atomic mass is 10.2. The highest BCUT2D eigenvalue weighted by molar-refractivity contribution is 9.11. The van der Waals surface area contributed by atoms with Crippen LogP contribution in [0.2, 0.25) is 0 Å². The van der Waals surface area contributed by atoms with Crippen LogP contribution in [-0.2, 0) is 0 Å². The van der Waals surface area contributed by atoms with Gasteiger partial charge in [0.2, 0.25) is 0 Å². The normalized spacial score (nSPS) is 10.6. The number of benzene rings is 1. The predicted octanol–water partition coefficient (Wildman–Crippen LogP) is 3.44. The minimum absolute atomic E-state index is 0.271. The lowest BCUT2D eigenvalue weighted by Crippen LogP contribution is -2.25. The monoisotopic (exact) mass is 388 g/mol. The van der Waals surface area contributed by atoms with Gasteiger partial charge in [-0.3, -0.25) is 4.79 Å². The number of aromatic nitrogens is 3. The summed E-state index contributed by atoms with van der Waals surface area (Å²) in [6.45, 7) is 4.01. The summed E-state index contributed by atoms with van der Waals surface area (Å²) in [4.78, 5) is 12.5. The maximum atomic E-state index is 13.2. The largest absolute Gasteiger partial charge is 0.347 e. The predicted molar refractivity (Wildman–Crippen MR) is 93.2 cm³/mol. The van der Waals surface area contributed by atoms with Crippen LogP contribution in [0.25, 0.3) is 11.5 Å². The summed E-state index contributed by atoms with van der Waals surface area (Å²) in [7, 11) is 0. The standard InChI is InChI=1S/C17H14BrFN4O/c1-12(18)10-20-16(24)15-11-21-23(14-6-4-13(19)5-7-14)17(15)22-8-2-3-9-22/h2-9,11H,1,10H2,(H,20,24). The number of nitrogens with zero attached hydrogens (tertiary/aromatic N) is 3. The van der Waals surface area contributed by atoms with Crippen molar-refractivity contribution < 1.29 is 9.18 Å². The van der Waals surface area contributed by atoms with E-state index < -0.39 is 0 Å². The number of nitrogens with one attached hydrogen (secondary N) is 1. The molecule has 7 heteroatoms. The van der Waals surface area contributed by atoms with Crippen molar-refractivity contribution >= 4 is 21.8 Å². The van der Waals surface area contributed by atoms with Crippen molar-refractivity contribution in [3.8, 4) is 11.5 Å². The van der Waals surface area contributed by atoms with Gasteiger partial charge in [0.05, 0.1) is 11.9 Å². The van der Waals surface area contributed by atoms with E-state index in [1.54, 1.807) is 21.4 Å². The Kier molecular flexibility index (Phi) is 4.61. The van der Waals surface area contributed by atoms with Gasteiger partial charge < -0.3 is 9.88 Å². The van der Waals surface area contributed by atoms with Crippen LogP contribution in [0, 0.1) is 5.82 Å². The molecule has 0 saturated carbocycles. The molecular formula is C17H14BrFN4O. The highest BCUT2D eigenvalue weighted by Crippen LogP contribution is 2.20. The van der Waals surface area contributed by atoms with E-state index >= 15 is 0 Å². The zero-order chi connectivity index (χ0) is 17.1. The number of halogens is 2. The van der Waals surface area contributed by atoms with Gasteiger partial charge in [-0.1, -0.05) is 22.5 Å². The number of hydrogen-bond donors (Lipinski definition) is 1. The van der Waals surface area contributed by atoms with E-state index in [4.69, 9.17) is 0 Å². The van der Waals surface area contributed by atoms with E-state index in [1.807, 2.05) is 24.5 Å². The fourth-order valence-electron chi connectivity index (χ4n) is 2.27. The SMILES string of the molecule is C=C(Br)CNC(=O)c1cnn(-c2ccc(F)cc2)c1-n1cccc1. The maximum Gasteiger partial charge on any atom is 0.256 e. The lowest BCUT2D eigenvalue weighted by Gasteiger charge is -2.11. The Hall–Kier alpha value is -2.67. The molecule has 24 heavy (non-hydrogen) atoms. The van der Waals surface area contributed by atoms with Gasteiger partial charge in [0, 0.05) is 23.4 Å². The van der Waals surface area contributed by atoms with E-state index in [0.717, 1.165) is 0 Å². The first-order valence-corrected chi connectivity index (χ1v) is 7.94. The first kappa shape index (κ1) is 16.2. The van der Waals surface area contributed by atoms with Gasteiger partial charge in [0.15, 0.2) is 5.82 Å². The molecule has 0 aliphatic heterocycles. The quantitative estimate of drug-likeness (QED) is 0.727. The third-order valence-electron chi connectivity index (χ3n) is 3.35. The van der Waals surface area contributed by atoms with Crippen LogP contribution in [0.4, 0.5) is 4.39 Å². The van der Waals surface area contributed by atoms with Crippen LogP contribution >= 0.6 is 15.9 Å². The Morgan fingerprint density at radius 3 is 2.54 bits per heavy atom. The molecule has 0 unspecified atom stereocenters. The van der Waals surface area contributed by atoms with Crippen LogP contribution < -0.4 is 5.32 Å². The van der Waals surface area contributed by atoms with Gasteiger partial charge in [0.1, 0.15) is 11.4 Å². The molecule has 5 nitrogen and oxygen atoms in total. The first-order valence-electron chi connectivity index (χ1n) is 7.15. The van der Waals surface area contributed by atoms with E-state index in [2.05, 4.69) is 32.9 Å². The van der Waals surface area contributed by atoms with Crippen LogP contribution in [0.3, 0.4) is 0 Å². The smallest absolute Gasteiger partial charge is 0.256 e. The molecule has 1 amide bonds. The second-order valence-electron chi connectivity index (χ2n) is 5.06. The summed E-state index contributed by atoms with van der Waals surface area (Å²) in [6, 6.07) is 9.62. The van der Waals surface area contributed by atoms with E-state index in [9.17, 15) is 9.18 Å². The molecule has 0 spiro atoms. The molecule has 2 heterocycles. The number of amides is 1. The molecule has 0 atom stereocenters. The molecule has 0 fully saturated rings. The van der Waals surface area contributed by atoms with Crippen molar-refractivity contribution in [3.63, 3.8) is 0 Å². The molecular weight excluding hydrogens is 375 g/mol. The topological polar surface area (TPSA) is 51.9 Å². The second kappa shape index (κ2) is 6.84. The van der Waals surface area contributed by atoms with Crippen molar-refractivity contribution in [3.05, 3.63) is 77.4 Å². The van der Waals surface area contributed by atoms with Crippen LogP contribution in [0.1, 0.15) is 10.4 Å².